The summed E-state index contributed by atoms with van der Waals surface area (Å²) in [6.07, 6.45) is 3.14. The predicted molar refractivity (Wildman–Crippen MR) is 95.4 cm³/mol. The molecule has 0 aliphatic heterocycles. The fourth-order valence-electron chi connectivity index (χ4n) is 1.78. The first kappa shape index (κ1) is 22.2. The minimum absolute atomic E-state index is 0.0675. The molecule has 0 rings (SSSR count). The van der Waals surface area contributed by atoms with E-state index in [1.807, 2.05) is 13.8 Å². The predicted octanol–water partition coefficient (Wildman–Crippen LogP) is 2.60. The summed E-state index contributed by atoms with van der Waals surface area (Å²) in [5, 5.41) is 0. The number of ketones is 2. The lowest BCUT2D eigenvalue weighted by Crippen LogP contribution is -2.35. The van der Waals surface area contributed by atoms with Crippen LogP contribution in [0.4, 0.5) is 0 Å². The standard InChI is InChI=1S/C18H28N2O4/c1-7-23-17(3,4)15(21)9-11-19-13-14-20-12-10-16(22)18(5,6)24-8-2/h11-12H,7-10H2,1-6H3. The van der Waals surface area contributed by atoms with E-state index in [1.165, 1.54) is 12.4 Å². The monoisotopic (exact) mass is 336 g/mol. The number of hydrogen-bond donors (Lipinski definition) is 0. The van der Waals surface area contributed by atoms with Crippen LogP contribution in [-0.2, 0) is 19.1 Å². The average Bonchev–Trinajstić information content (AvgIpc) is 2.49. The Labute approximate surface area is 144 Å². The van der Waals surface area contributed by atoms with Gasteiger partial charge >= 0.3 is 0 Å². The second-order valence-electron chi connectivity index (χ2n) is 5.99. The highest BCUT2D eigenvalue weighted by Crippen LogP contribution is 2.12. The van der Waals surface area contributed by atoms with Crippen molar-refractivity contribution in [2.45, 2.75) is 65.6 Å². The van der Waals surface area contributed by atoms with E-state index in [9.17, 15) is 9.59 Å². The van der Waals surface area contributed by atoms with Gasteiger partial charge < -0.3 is 9.47 Å². The van der Waals surface area contributed by atoms with E-state index in [0.717, 1.165) is 0 Å². The Morgan fingerprint density at radius 3 is 1.46 bits per heavy atom. The molecule has 0 aromatic rings. The highest BCUT2D eigenvalue weighted by molar-refractivity contribution is 5.97. The van der Waals surface area contributed by atoms with Crippen molar-refractivity contribution in [3.63, 3.8) is 0 Å². The van der Waals surface area contributed by atoms with Gasteiger partial charge in [-0.25, -0.2) is 9.98 Å². The number of rotatable bonds is 10. The molecule has 6 heteroatoms. The molecule has 0 spiro atoms. The Morgan fingerprint density at radius 1 is 0.833 bits per heavy atom. The Balaban J connectivity index is 4.28. The molecule has 0 saturated carbocycles. The van der Waals surface area contributed by atoms with Gasteiger partial charge in [0.05, 0.1) is 12.1 Å². The van der Waals surface area contributed by atoms with Gasteiger partial charge in [0.15, 0.2) is 11.6 Å². The van der Waals surface area contributed by atoms with Crippen molar-refractivity contribution in [2.24, 2.45) is 9.98 Å². The molecule has 0 heterocycles. The van der Waals surface area contributed by atoms with Gasteiger partial charge in [-0.05, 0) is 41.5 Å². The van der Waals surface area contributed by atoms with E-state index in [4.69, 9.17) is 9.47 Å². The van der Waals surface area contributed by atoms with E-state index in [1.54, 1.807) is 27.7 Å². The second-order valence-corrected chi connectivity index (χ2v) is 5.99. The van der Waals surface area contributed by atoms with Crippen molar-refractivity contribution in [1.82, 2.24) is 0 Å². The smallest absolute Gasteiger partial charge is 0.169 e. The molecular formula is C18H28N2O4. The molecule has 0 atom stereocenters. The van der Waals surface area contributed by atoms with Gasteiger partial charge in [0.1, 0.15) is 11.2 Å². The molecule has 0 bridgehead atoms. The molecule has 0 N–H and O–H groups in total. The van der Waals surface area contributed by atoms with E-state index in [-0.39, 0.29) is 24.4 Å². The first-order valence-corrected chi connectivity index (χ1v) is 8.05. The van der Waals surface area contributed by atoms with Crippen LogP contribution < -0.4 is 0 Å². The van der Waals surface area contributed by atoms with Crippen molar-refractivity contribution in [3.8, 4) is 12.1 Å². The van der Waals surface area contributed by atoms with Gasteiger partial charge in [0, 0.05) is 38.5 Å². The molecule has 0 aliphatic rings. The van der Waals surface area contributed by atoms with Gasteiger partial charge in [-0.15, -0.1) is 0 Å². The van der Waals surface area contributed by atoms with Crippen LogP contribution in [0.15, 0.2) is 9.98 Å². The van der Waals surface area contributed by atoms with E-state index >= 15 is 0 Å². The molecule has 0 amide bonds. The SMILES string of the molecule is CCOC(C)(C)C(=O)CC=NC#CN=CCC(=O)C(C)(C)OCC. The Morgan fingerprint density at radius 2 is 1.17 bits per heavy atom. The summed E-state index contributed by atoms with van der Waals surface area (Å²) in [7, 11) is 0. The van der Waals surface area contributed by atoms with Gasteiger partial charge in [0.2, 0.25) is 0 Å². The van der Waals surface area contributed by atoms with Crippen molar-refractivity contribution in [2.75, 3.05) is 13.2 Å². The highest BCUT2D eigenvalue weighted by atomic mass is 16.5. The molecule has 0 aromatic carbocycles. The Hall–Kier alpha value is -1.84. The summed E-state index contributed by atoms with van der Waals surface area (Å²) in [4.78, 5) is 31.3. The zero-order valence-corrected chi connectivity index (χ0v) is 15.5. The summed E-state index contributed by atoms with van der Waals surface area (Å²) in [5.74, 6) is -0.135. The van der Waals surface area contributed by atoms with Crippen molar-refractivity contribution in [3.05, 3.63) is 0 Å². The quantitative estimate of drug-likeness (QED) is 0.454. The van der Waals surface area contributed by atoms with Crippen molar-refractivity contribution >= 4 is 24.0 Å². The fourth-order valence-corrected chi connectivity index (χ4v) is 1.78. The minimum Gasteiger partial charge on any atom is -0.368 e. The summed E-state index contributed by atoms with van der Waals surface area (Å²) in [5.41, 5.74) is -1.64. The molecular weight excluding hydrogens is 308 g/mol. The maximum Gasteiger partial charge on any atom is 0.169 e. The number of carbonyl (C=O) groups is 2. The van der Waals surface area contributed by atoms with Gasteiger partial charge in [-0.1, -0.05) is 0 Å². The Bertz CT molecular complexity index is 491. The van der Waals surface area contributed by atoms with Gasteiger partial charge in [0.25, 0.3) is 0 Å². The zero-order chi connectivity index (χ0) is 18.6. The third-order valence-corrected chi connectivity index (χ3v) is 3.27. The molecule has 0 saturated heterocycles. The van der Waals surface area contributed by atoms with Crippen LogP contribution in [0.5, 0.6) is 0 Å². The molecule has 134 valence electrons. The largest absolute Gasteiger partial charge is 0.368 e. The van der Waals surface area contributed by atoms with Gasteiger partial charge in [-0.3, -0.25) is 9.59 Å². The molecule has 0 radical (unpaired) electrons. The number of aliphatic imine (C=N–C) groups is 2. The highest BCUT2D eigenvalue weighted by Gasteiger charge is 2.27. The number of nitrogens with zero attached hydrogens (tertiary/aromatic N) is 2. The van der Waals surface area contributed by atoms with E-state index < -0.39 is 11.2 Å². The molecule has 0 unspecified atom stereocenters. The first-order valence-electron chi connectivity index (χ1n) is 8.05. The van der Waals surface area contributed by atoms with Crippen LogP contribution in [-0.4, -0.2) is 48.4 Å². The summed E-state index contributed by atoms with van der Waals surface area (Å²) >= 11 is 0. The van der Waals surface area contributed by atoms with Crippen LogP contribution in [0.3, 0.4) is 0 Å². The molecule has 0 aromatic heterocycles. The number of hydrogen-bond acceptors (Lipinski definition) is 6. The fraction of sp³-hybridized carbons (Fsp3) is 0.667. The van der Waals surface area contributed by atoms with Gasteiger partial charge in [-0.2, -0.15) is 0 Å². The minimum atomic E-state index is -0.819. The maximum atomic E-state index is 11.9. The lowest BCUT2D eigenvalue weighted by atomic mass is 10.0. The van der Waals surface area contributed by atoms with E-state index in [2.05, 4.69) is 22.1 Å². The summed E-state index contributed by atoms with van der Waals surface area (Å²) in [6.45, 7) is 11.5. The average molecular weight is 336 g/mol. The molecule has 24 heavy (non-hydrogen) atoms. The van der Waals surface area contributed by atoms with Crippen LogP contribution in [0, 0.1) is 12.1 Å². The lowest BCUT2D eigenvalue weighted by Gasteiger charge is -2.21. The maximum absolute atomic E-state index is 11.9. The molecule has 0 aliphatic carbocycles. The van der Waals surface area contributed by atoms with E-state index in [0.29, 0.717) is 13.2 Å². The van der Waals surface area contributed by atoms with Crippen molar-refractivity contribution in [1.29, 1.82) is 0 Å². The van der Waals surface area contributed by atoms with Crippen LogP contribution in [0.1, 0.15) is 54.4 Å². The summed E-state index contributed by atoms with van der Waals surface area (Å²) in [6, 6.07) is 4.90. The number of ether oxygens (including phenoxy) is 2. The van der Waals surface area contributed by atoms with Crippen molar-refractivity contribution < 1.29 is 19.1 Å². The Kier molecular flexibility index (Phi) is 10.0. The number of carbonyl (C=O) groups excluding carboxylic acids is 2. The first-order chi connectivity index (χ1) is 11.2. The lowest BCUT2D eigenvalue weighted by molar-refractivity contribution is -0.138. The third-order valence-electron chi connectivity index (χ3n) is 3.27. The van der Waals surface area contributed by atoms with Crippen LogP contribution in [0.25, 0.3) is 0 Å². The van der Waals surface area contributed by atoms with Crippen LogP contribution >= 0.6 is 0 Å². The normalized spacial score (nSPS) is 12.4. The topological polar surface area (TPSA) is 77.3 Å². The zero-order valence-electron chi connectivity index (χ0n) is 15.5. The molecule has 6 nitrogen and oxygen atoms in total. The second kappa shape index (κ2) is 10.8. The number of Topliss-reactive ketones (excluding diaryl/α,β-unsaturated/α-hetero) is 2. The molecule has 0 fully saturated rings. The van der Waals surface area contributed by atoms with Crippen LogP contribution in [0.2, 0.25) is 0 Å². The summed E-state index contributed by atoms with van der Waals surface area (Å²) < 4.78 is 10.7. The third kappa shape index (κ3) is 8.70.